The molecule has 1 aromatic carbocycles. The summed E-state index contributed by atoms with van der Waals surface area (Å²) in [6.07, 6.45) is 2.06. The first-order chi connectivity index (χ1) is 13.8. The van der Waals surface area contributed by atoms with Gasteiger partial charge in [0, 0.05) is 18.9 Å². The van der Waals surface area contributed by atoms with Gasteiger partial charge in [-0.15, -0.1) is 0 Å². The highest BCUT2D eigenvalue weighted by Gasteiger charge is 2.17. The fourth-order valence-corrected chi connectivity index (χ4v) is 2.76. The lowest BCUT2D eigenvalue weighted by Crippen LogP contribution is -2.28. The third kappa shape index (κ3) is 4.56. The maximum atomic E-state index is 13.3. The van der Waals surface area contributed by atoms with Gasteiger partial charge >= 0.3 is 0 Å². The average Bonchev–Trinajstić information content (AvgIpc) is 3.10. The summed E-state index contributed by atoms with van der Waals surface area (Å²) < 4.78 is 40.8. The summed E-state index contributed by atoms with van der Waals surface area (Å²) >= 11 is 0. The number of halogens is 3. The van der Waals surface area contributed by atoms with Gasteiger partial charge in [-0.05, 0) is 43.7 Å². The maximum Gasteiger partial charge on any atom is 0.295 e. The van der Waals surface area contributed by atoms with Crippen molar-refractivity contribution in [3.63, 3.8) is 0 Å². The van der Waals surface area contributed by atoms with Crippen LogP contribution in [-0.2, 0) is 6.54 Å². The van der Waals surface area contributed by atoms with Crippen molar-refractivity contribution in [2.75, 3.05) is 6.54 Å². The van der Waals surface area contributed by atoms with Crippen LogP contribution in [0.5, 0.6) is 0 Å². The van der Waals surface area contributed by atoms with Gasteiger partial charge in [0.25, 0.3) is 17.9 Å². The normalized spacial score (nSPS) is 11.1. The van der Waals surface area contributed by atoms with E-state index >= 15 is 0 Å². The number of hydrogen-bond donors (Lipinski definition) is 1. The van der Waals surface area contributed by atoms with E-state index < -0.39 is 30.3 Å². The van der Waals surface area contributed by atoms with Gasteiger partial charge in [0.15, 0.2) is 0 Å². The predicted molar refractivity (Wildman–Crippen MR) is 103 cm³/mol. The van der Waals surface area contributed by atoms with E-state index in [1.54, 1.807) is 18.3 Å². The molecule has 2 aromatic heterocycles. The number of carbonyl (C=O) groups excluding carboxylic acids is 1. The molecule has 152 valence electrons. The number of rotatable bonds is 6. The number of nitrogens with zero attached hydrogens (tertiary/aromatic N) is 3. The van der Waals surface area contributed by atoms with E-state index in [1.807, 2.05) is 19.9 Å². The molecule has 0 radical (unpaired) electrons. The van der Waals surface area contributed by atoms with E-state index in [0.717, 1.165) is 5.57 Å². The quantitative estimate of drug-likeness (QED) is 0.642. The highest BCUT2D eigenvalue weighted by atomic mass is 19.3. The molecule has 0 unspecified atom stereocenters. The van der Waals surface area contributed by atoms with Crippen LogP contribution >= 0.6 is 0 Å². The zero-order chi connectivity index (χ0) is 21.1. The molecule has 6 nitrogen and oxygen atoms in total. The lowest BCUT2D eigenvalue weighted by Gasteiger charge is -2.12. The van der Waals surface area contributed by atoms with Crippen LogP contribution in [0.1, 0.15) is 24.3 Å². The minimum Gasteiger partial charge on any atom is -0.345 e. The summed E-state index contributed by atoms with van der Waals surface area (Å²) in [5.41, 5.74) is 1.48. The van der Waals surface area contributed by atoms with Crippen LogP contribution in [0.25, 0.3) is 16.9 Å². The first kappa shape index (κ1) is 20.4. The molecule has 0 saturated carbocycles. The van der Waals surface area contributed by atoms with Crippen LogP contribution in [0.3, 0.4) is 0 Å². The van der Waals surface area contributed by atoms with Crippen molar-refractivity contribution in [2.45, 2.75) is 26.8 Å². The van der Waals surface area contributed by atoms with Crippen molar-refractivity contribution in [3.8, 4) is 11.3 Å². The van der Waals surface area contributed by atoms with Gasteiger partial charge in [-0.3, -0.25) is 18.6 Å². The minimum absolute atomic E-state index is 0.0137. The van der Waals surface area contributed by atoms with Crippen molar-refractivity contribution in [1.82, 2.24) is 19.3 Å². The van der Waals surface area contributed by atoms with Gasteiger partial charge in [-0.2, -0.15) is 0 Å². The van der Waals surface area contributed by atoms with Crippen LogP contribution in [0.2, 0.25) is 0 Å². The predicted octanol–water partition coefficient (Wildman–Crippen LogP) is 3.26. The molecular weight excluding hydrogens is 385 g/mol. The molecule has 0 atom stereocenters. The van der Waals surface area contributed by atoms with E-state index in [0.29, 0.717) is 11.3 Å². The number of fused-ring (bicyclic) bond motifs is 1. The van der Waals surface area contributed by atoms with Crippen LogP contribution in [0, 0.1) is 5.82 Å². The van der Waals surface area contributed by atoms with Crippen LogP contribution in [0.15, 0.2) is 53.1 Å². The molecule has 2 heterocycles. The molecular formula is C20H19F3N4O2. The van der Waals surface area contributed by atoms with Crippen molar-refractivity contribution in [2.24, 2.45) is 0 Å². The second-order valence-electron chi connectivity index (χ2n) is 6.68. The van der Waals surface area contributed by atoms with Crippen LogP contribution < -0.4 is 10.9 Å². The molecule has 9 heteroatoms. The standard InChI is InChI=1S/C20H19F3N4O2/c1-12(2)7-8-27-16(13-3-5-14(21)6-4-13)11-26-10-15(25-18(26)20(27)29)19(28)24-9-17(22)23/h3-7,10-11,17H,8-9H2,1-2H3,(H,24,28). The van der Waals surface area contributed by atoms with Gasteiger partial charge in [0.1, 0.15) is 11.5 Å². The van der Waals surface area contributed by atoms with Crippen molar-refractivity contribution in [3.05, 3.63) is 70.2 Å². The third-order valence-corrected chi connectivity index (χ3v) is 4.19. The fraction of sp³-hybridized carbons (Fsp3) is 0.250. The number of hydrogen-bond acceptors (Lipinski definition) is 3. The van der Waals surface area contributed by atoms with Crippen molar-refractivity contribution >= 4 is 11.6 Å². The van der Waals surface area contributed by atoms with E-state index in [-0.39, 0.29) is 17.9 Å². The Bertz CT molecular complexity index is 1130. The summed E-state index contributed by atoms with van der Waals surface area (Å²) in [6, 6.07) is 5.66. The van der Waals surface area contributed by atoms with Gasteiger partial charge in [0.05, 0.1) is 12.2 Å². The molecule has 1 N–H and O–H groups in total. The highest BCUT2D eigenvalue weighted by molar-refractivity contribution is 5.92. The first-order valence-corrected chi connectivity index (χ1v) is 8.84. The first-order valence-electron chi connectivity index (χ1n) is 8.84. The summed E-state index contributed by atoms with van der Waals surface area (Å²) in [6.45, 7) is 3.23. The number of allylic oxidation sites excluding steroid dienone is 2. The molecule has 3 aromatic rings. The Balaban J connectivity index is 2.14. The van der Waals surface area contributed by atoms with E-state index in [9.17, 15) is 22.8 Å². The Hall–Kier alpha value is -3.36. The summed E-state index contributed by atoms with van der Waals surface area (Å²) in [5.74, 6) is -1.21. The van der Waals surface area contributed by atoms with E-state index in [1.165, 1.54) is 27.3 Å². The van der Waals surface area contributed by atoms with Crippen LogP contribution in [-0.4, -0.2) is 32.8 Å². The number of nitrogens with one attached hydrogen (secondary N) is 1. The molecule has 0 saturated heterocycles. The number of aromatic nitrogens is 3. The number of amides is 1. The number of imidazole rings is 1. The van der Waals surface area contributed by atoms with E-state index in [4.69, 9.17) is 0 Å². The fourth-order valence-electron chi connectivity index (χ4n) is 2.76. The molecule has 0 fully saturated rings. The van der Waals surface area contributed by atoms with Gasteiger partial charge < -0.3 is 5.32 Å². The molecule has 0 aliphatic heterocycles. The summed E-state index contributed by atoms with van der Waals surface area (Å²) in [5, 5.41) is 2.06. The lowest BCUT2D eigenvalue weighted by atomic mass is 10.1. The molecule has 0 aliphatic carbocycles. The number of benzene rings is 1. The highest BCUT2D eigenvalue weighted by Crippen LogP contribution is 2.20. The number of alkyl halides is 2. The maximum absolute atomic E-state index is 13.3. The Morgan fingerprint density at radius 2 is 1.90 bits per heavy atom. The van der Waals surface area contributed by atoms with Gasteiger partial charge in [-0.25, -0.2) is 18.2 Å². The largest absolute Gasteiger partial charge is 0.345 e. The Labute approximate surface area is 164 Å². The Kier molecular flexibility index (Phi) is 5.86. The third-order valence-electron chi connectivity index (χ3n) is 4.19. The monoisotopic (exact) mass is 404 g/mol. The lowest BCUT2D eigenvalue weighted by molar-refractivity contribution is 0.0887. The smallest absolute Gasteiger partial charge is 0.295 e. The van der Waals surface area contributed by atoms with Crippen molar-refractivity contribution in [1.29, 1.82) is 0 Å². The van der Waals surface area contributed by atoms with Crippen LogP contribution in [0.4, 0.5) is 13.2 Å². The van der Waals surface area contributed by atoms with Crippen molar-refractivity contribution < 1.29 is 18.0 Å². The van der Waals surface area contributed by atoms with E-state index in [2.05, 4.69) is 10.3 Å². The Morgan fingerprint density at radius 3 is 2.52 bits per heavy atom. The zero-order valence-electron chi connectivity index (χ0n) is 15.8. The average molecular weight is 404 g/mol. The number of carbonyl (C=O) groups is 1. The Morgan fingerprint density at radius 1 is 1.21 bits per heavy atom. The molecule has 29 heavy (non-hydrogen) atoms. The molecule has 3 rings (SSSR count). The molecule has 1 amide bonds. The second kappa shape index (κ2) is 8.34. The topological polar surface area (TPSA) is 68.4 Å². The van der Waals surface area contributed by atoms with Gasteiger partial charge in [0.2, 0.25) is 5.65 Å². The minimum atomic E-state index is -2.69. The zero-order valence-corrected chi connectivity index (χ0v) is 15.8. The molecule has 0 aliphatic rings. The van der Waals surface area contributed by atoms with Gasteiger partial charge in [-0.1, -0.05) is 11.6 Å². The summed E-state index contributed by atoms with van der Waals surface area (Å²) in [4.78, 5) is 29.1. The summed E-state index contributed by atoms with van der Waals surface area (Å²) in [7, 11) is 0. The SMILES string of the molecule is CC(C)=CCn1c(-c2ccc(F)cc2)cn2cc(C(=O)NCC(F)F)nc2c1=O. The molecule has 0 spiro atoms. The second-order valence-corrected chi connectivity index (χ2v) is 6.68. The molecule has 0 bridgehead atoms.